The topological polar surface area (TPSA) is 84.5 Å². The van der Waals surface area contributed by atoms with Crippen molar-refractivity contribution < 1.29 is 9.59 Å². The number of nitrogens with two attached hydrogens (primary N) is 1. The van der Waals surface area contributed by atoms with Gasteiger partial charge in [0.15, 0.2) is 0 Å². The standard InChI is InChI=1S/C23H20ClN3O2/c1-15-14-18(12-13-19(15)24)22(28)26-20(16-8-4-2-5-9-16)23(29)27-21(25)17-10-6-3-7-11-17/h2-14,20H,1H3,(H,26,28)(H2,25,27,29). The summed E-state index contributed by atoms with van der Waals surface area (Å²) in [6.45, 7) is 1.81. The van der Waals surface area contributed by atoms with Crippen LogP contribution in [0.1, 0.15) is 33.1 Å². The third-order valence-corrected chi connectivity index (χ3v) is 4.80. The number of hydrogen-bond donors (Lipinski definition) is 2. The van der Waals surface area contributed by atoms with Crippen LogP contribution in [-0.2, 0) is 4.79 Å². The number of hydrogen-bond acceptors (Lipinski definition) is 2. The molecule has 0 aliphatic carbocycles. The van der Waals surface area contributed by atoms with Crippen LogP contribution in [0.3, 0.4) is 0 Å². The van der Waals surface area contributed by atoms with Crippen molar-refractivity contribution in [1.82, 2.24) is 5.32 Å². The van der Waals surface area contributed by atoms with E-state index in [1.165, 1.54) is 0 Å². The zero-order valence-electron chi connectivity index (χ0n) is 15.8. The summed E-state index contributed by atoms with van der Waals surface area (Å²) in [5.74, 6) is -0.870. The summed E-state index contributed by atoms with van der Waals surface area (Å²) in [7, 11) is 0. The minimum atomic E-state index is -0.970. The molecule has 1 unspecified atom stereocenters. The highest BCUT2D eigenvalue weighted by molar-refractivity contribution is 6.31. The van der Waals surface area contributed by atoms with Crippen LogP contribution in [0.4, 0.5) is 0 Å². The number of aliphatic imine (C=N–C) groups is 1. The summed E-state index contributed by atoms with van der Waals surface area (Å²) < 4.78 is 0. The van der Waals surface area contributed by atoms with E-state index in [2.05, 4.69) is 10.3 Å². The number of nitrogens with one attached hydrogen (secondary N) is 1. The number of nitrogens with zero attached hydrogens (tertiary/aromatic N) is 1. The molecule has 3 aromatic rings. The Hall–Kier alpha value is -3.44. The average Bonchev–Trinajstić information content (AvgIpc) is 2.74. The molecule has 0 heterocycles. The van der Waals surface area contributed by atoms with Gasteiger partial charge in [-0.05, 0) is 36.2 Å². The third kappa shape index (κ3) is 5.09. The molecule has 0 radical (unpaired) electrons. The molecule has 0 aliphatic rings. The zero-order chi connectivity index (χ0) is 20.8. The first kappa shape index (κ1) is 20.3. The van der Waals surface area contributed by atoms with Crippen LogP contribution >= 0.6 is 11.6 Å². The molecule has 0 saturated carbocycles. The maximum Gasteiger partial charge on any atom is 0.274 e. The predicted octanol–water partition coefficient (Wildman–Crippen LogP) is 4.05. The van der Waals surface area contributed by atoms with Crippen molar-refractivity contribution in [3.8, 4) is 0 Å². The van der Waals surface area contributed by atoms with Gasteiger partial charge in [-0.3, -0.25) is 9.59 Å². The molecule has 0 saturated heterocycles. The van der Waals surface area contributed by atoms with E-state index in [0.717, 1.165) is 5.56 Å². The van der Waals surface area contributed by atoms with Gasteiger partial charge in [-0.15, -0.1) is 0 Å². The smallest absolute Gasteiger partial charge is 0.274 e. The molecule has 0 aromatic heterocycles. The van der Waals surface area contributed by atoms with Crippen molar-refractivity contribution >= 4 is 29.3 Å². The van der Waals surface area contributed by atoms with Crippen molar-refractivity contribution in [2.24, 2.45) is 10.7 Å². The van der Waals surface area contributed by atoms with E-state index in [1.807, 2.05) is 31.2 Å². The molecule has 3 rings (SSSR count). The molecule has 3 N–H and O–H groups in total. The predicted molar refractivity (Wildman–Crippen MR) is 115 cm³/mol. The molecule has 6 heteroatoms. The van der Waals surface area contributed by atoms with Gasteiger partial charge in [-0.2, -0.15) is 4.99 Å². The van der Waals surface area contributed by atoms with Gasteiger partial charge in [-0.25, -0.2) is 0 Å². The number of rotatable bonds is 5. The third-order valence-electron chi connectivity index (χ3n) is 4.38. The highest BCUT2D eigenvalue weighted by Crippen LogP contribution is 2.19. The van der Waals surface area contributed by atoms with Gasteiger partial charge in [0.05, 0.1) is 0 Å². The molecule has 0 bridgehead atoms. The Morgan fingerprint density at radius 3 is 2.17 bits per heavy atom. The van der Waals surface area contributed by atoms with Gasteiger partial charge >= 0.3 is 0 Å². The number of amides is 2. The highest BCUT2D eigenvalue weighted by Gasteiger charge is 2.23. The Bertz CT molecular complexity index is 1050. The largest absolute Gasteiger partial charge is 0.383 e. The number of carbonyl (C=O) groups excluding carboxylic acids is 2. The lowest BCUT2D eigenvalue weighted by Gasteiger charge is -2.17. The molecular formula is C23H20ClN3O2. The molecule has 3 aromatic carbocycles. The zero-order valence-corrected chi connectivity index (χ0v) is 16.6. The number of benzene rings is 3. The number of aryl methyl sites for hydroxylation is 1. The minimum absolute atomic E-state index is 0.0908. The lowest BCUT2D eigenvalue weighted by Crippen LogP contribution is -2.34. The quantitative estimate of drug-likeness (QED) is 0.496. The first-order valence-corrected chi connectivity index (χ1v) is 9.39. The fraction of sp³-hybridized carbons (Fsp3) is 0.0870. The summed E-state index contributed by atoms with van der Waals surface area (Å²) in [5.41, 5.74) is 8.41. The first-order valence-electron chi connectivity index (χ1n) is 9.01. The number of halogens is 1. The minimum Gasteiger partial charge on any atom is -0.383 e. The Kier molecular flexibility index (Phi) is 6.42. The fourth-order valence-corrected chi connectivity index (χ4v) is 2.91. The van der Waals surface area contributed by atoms with Crippen LogP contribution in [0.15, 0.2) is 83.9 Å². The van der Waals surface area contributed by atoms with Gasteiger partial charge in [0, 0.05) is 16.1 Å². The monoisotopic (exact) mass is 405 g/mol. The normalized spacial score (nSPS) is 12.3. The van der Waals surface area contributed by atoms with Crippen LogP contribution in [-0.4, -0.2) is 17.6 Å². The molecule has 0 aliphatic heterocycles. The molecule has 146 valence electrons. The van der Waals surface area contributed by atoms with Crippen molar-refractivity contribution in [3.63, 3.8) is 0 Å². The second kappa shape index (κ2) is 9.17. The maximum absolute atomic E-state index is 12.9. The summed E-state index contributed by atoms with van der Waals surface area (Å²) >= 11 is 6.04. The molecule has 2 amide bonds. The van der Waals surface area contributed by atoms with Crippen molar-refractivity contribution in [1.29, 1.82) is 0 Å². The fourth-order valence-electron chi connectivity index (χ4n) is 2.79. The van der Waals surface area contributed by atoms with Crippen molar-refractivity contribution in [2.45, 2.75) is 13.0 Å². The molecule has 5 nitrogen and oxygen atoms in total. The Labute approximate surface area is 174 Å². The first-order chi connectivity index (χ1) is 14.0. The van der Waals surface area contributed by atoms with Crippen LogP contribution in [0.5, 0.6) is 0 Å². The van der Waals surface area contributed by atoms with E-state index in [0.29, 0.717) is 21.7 Å². The van der Waals surface area contributed by atoms with Crippen LogP contribution in [0.2, 0.25) is 5.02 Å². The Morgan fingerprint density at radius 2 is 1.55 bits per heavy atom. The van der Waals surface area contributed by atoms with Gasteiger partial charge in [0.2, 0.25) is 0 Å². The van der Waals surface area contributed by atoms with Crippen LogP contribution in [0.25, 0.3) is 0 Å². The molecule has 0 fully saturated rings. The number of carbonyl (C=O) groups is 2. The van der Waals surface area contributed by atoms with E-state index < -0.39 is 17.9 Å². The second-order valence-corrected chi connectivity index (χ2v) is 6.89. The van der Waals surface area contributed by atoms with Gasteiger partial charge in [0.1, 0.15) is 11.9 Å². The maximum atomic E-state index is 12.9. The lowest BCUT2D eigenvalue weighted by molar-refractivity contribution is -0.119. The Morgan fingerprint density at radius 1 is 0.931 bits per heavy atom. The summed E-state index contributed by atoms with van der Waals surface area (Å²) in [6.07, 6.45) is 0. The molecule has 0 spiro atoms. The SMILES string of the molecule is Cc1cc(C(=O)NC(C(=O)N=C(N)c2ccccc2)c2ccccc2)ccc1Cl. The number of amidine groups is 1. The van der Waals surface area contributed by atoms with E-state index in [1.54, 1.807) is 54.6 Å². The van der Waals surface area contributed by atoms with Crippen LogP contribution in [0, 0.1) is 6.92 Å². The van der Waals surface area contributed by atoms with Gasteiger partial charge in [-0.1, -0.05) is 72.3 Å². The summed E-state index contributed by atoms with van der Waals surface area (Å²) in [5, 5.41) is 3.33. The average molecular weight is 406 g/mol. The summed E-state index contributed by atoms with van der Waals surface area (Å²) in [4.78, 5) is 29.7. The van der Waals surface area contributed by atoms with Gasteiger partial charge < -0.3 is 11.1 Å². The summed E-state index contributed by atoms with van der Waals surface area (Å²) in [6, 6.07) is 21.9. The van der Waals surface area contributed by atoms with E-state index >= 15 is 0 Å². The van der Waals surface area contributed by atoms with Crippen molar-refractivity contribution in [3.05, 3.63) is 106 Å². The van der Waals surface area contributed by atoms with E-state index in [9.17, 15) is 9.59 Å². The van der Waals surface area contributed by atoms with Crippen LogP contribution < -0.4 is 11.1 Å². The lowest BCUT2D eigenvalue weighted by atomic mass is 10.0. The van der Waals surface area contributed by atoms with E-state index in [4.69, 9.17) is 17.3 Å². The molecule has 29 heavy (non-hydrogen) atoms. The second-order valence-electron chi connectivity index (χ2n) is 6.48. The van der Waals surface area contributed by atoms with Gasteiger partial charge in [0.25, 0.3) is 11.8 Å². The molecular weight excluding hydrogens is 386 g/mol. The van der Waals surface area contributed by atoms with Crippen molar-refractivity contribution in [2.75, 3.05) is 0 Å². The Balaban J connectivity index is 1.90. The highest BCUT2D eigenvalue weighted by atomic mass is 35.5. The molecule has 1 atom stereocenters. The van der Waals surface area contributed by atoms with E-state index in [-0.39, 0.29) is 5.84 Å².